The van der Waals surface area contributed by atoms with E-state index < -0.39 is 72.2 Å². The zero-order chi connectivity index (χ0) is 36.8. The van der Waals surface area contributed by atoms with Crippen molar-refractivity contribution in [2.24, 2.45) is 23.7 Å². The molecule has 0 radical (unpaired) electrons. The van der Waals surface area contributed by atoms with E-state index in [0.29, 0.717) is 30.3 Å². The largest absolute Gasteiger partial charge is 0.508 e. The molecule has 3 heterocycles. The Morgan fingerprint density at radius 3 is 2.49 bits per heavy atom. The number of phenols is 1. The Hall–Kier alpha value is -4.37. The smallest absolute Gasteiger partial charge is 0.343 e. The highest BCUT2D eigenvalue weighted by Crippen LogP contribution is 2.59. The molecule has 276 valence electrons. The molecule has 0 bridgehead atoms. The molecule has 2 aliphatic heterocycles. The standard InChI is InChI=1S/C41H42N2O10/c1-42-18-24-17-27-29-11-13-32(46)41(50)40(29,49)38(51-35(27)28(34(24)47)14-20-6-9-25(45)10-7-20)37(53-41)39(48)52-36-31(19-44)43-30-12-8-23-15-21-4-2-3-5-22(21)16-26(23)33(30)36/h2-13,15-16,24,27-29,32,34-35,37-38,42-47,49-50H,14,17-19H2,1H3/t24-,27+,28+,29-,32+,34-,35+,37+,38-,40+,41-/m0/s1. The molecule has 2 aliphatic carbocycles. The fraction of sp³-hybridized carbons (Fsp3) is 0.390. The monoisotopic (exact) mass is 722 g/mol. The van der Waals surface area contributed by atoms with Crippen LogP contribution in [0.15, 0.2) is 84.9 Å². The first-order valence-corrected chi connectivity index (χ1v) is 18.1. The molecule has 8 N–H and O–H groups in total. The van der Waals surface area contributed by atoms with Crippen LogP contribution in [0.1, 0.15) is 17.7 Å². The molecule has 4 aromatic carbocycles. The molecule has 0 spiro atoms. The summed E-state index contributed by atoms with van der Waals surface area (Å²) in [5, 5.41) is 75.3. The molecule has 1 saturated carbocycles. The molecular weight excluding hydrogens is 680 g/mol. The summed E-state index contributed by atoms with van der Waals surface area (Å²) in [7, 11) is 1.80. The van der Waals surface area contributed by atoms with Crippen molar-refractivity contribution in [3.63, 3.8) is 0 Å². The Kier molecular flexibility index (Phi) is 8.18. The van der Waals surface area contributed by atoms with Crippen LogP contribution in [0, 0.1) is 23.7 Å². The molecule has 4 aliphatic rings. The number of fused-ring (bicyclic) bond motifs is 6. The van der Waals surface area contributed by atoms with E-state index in [1.807, 2.05) is 48.5 Å². The maximum absolute atomic E-state index is 14.4. The molecule has 5 aromatic rings. The third-order valence-corrected chi connectivity index (χ3v) is 12.2. The number of hydrogen-bond acceptors (Lipinski definition) is 11. The van der Waals surface area contributed by atoms with Crippen molar-refractivity contribution in [2.75, 3.05) is 13.6 Å². The third-order valence-electron chi connectivity index (χ3n) is 12.2. The van der Waals surface area contributed by atoms with Gasteiger partial charge in [-0.05, 0) is 89.2 Å². The summed E-state index contributed by atoms with van der Waals surface area (Å²) in [5.74, 6) is -5.46. The lowest BCUT2D eigenvalue weighted by Crippen LogP contribution is -2.74. The van der Waals surface area contributed by atoms with Crippen molar-refractivity contribution in [3.8, 4) is 11.5 Å². The number of aromatic nitrogens is 1. The first kappa shape index (κ1) is 34.4. The molecule has 2 saturated heterocycles. The van der Waals surface area contributed by atoms with E-state index in [4.69, 9.17) is 14.2 Å². The van der Waals surface area contributed by atoms with Crippen LogP contribution in [0.4, 0.5) is 0 Å². The van der Waals surface area contributed by atoms with Crippen LogP contribution < -0.4 is 10.1 Å². The quantitative estimate of drug-likeness (QED) is 0.0700. The van der Waals surface area contributed by atoms with Crippen LogP contribution in [0.3, 0.4) is 0 Å². The number of carbonyl (C=O) groups is 1. The van der Waals surface area contributed by atoms with Gasteiger partial charge in [-0.15, -0.1) is 0 Å². The van der Waals surface area contributed by atoms with Gasteiger partial charge in [0, 0.05) is 18.4 Å². The van der Waals surface area contributed by atoms with Crippen molar-refractivity contribution in [1.82, 2.24) is 10.3 Å². The highest BCUT2D eigenvalue weighted by Gasteiger charge is 2.77. The van der Waals surface area contributed by atoms with Gasteiger partial charge in [-0.25, -0.2) is 4.79 Å². The fourth-order valence-corrected chi connectivity index (χ4v) is 9.77. The number of phenolic OH excluding ortho intramolecular Hbond substituents is 1. The van der Waals surface area contributed by atoms with E-state index in [1.54, 1.807) is 37.4 Å². The van der Waals surface area contributed by atoms with Gasteiger partial charge in [0.1, 0.15) is 18.0 Å². The van der Waals surface area contributed by atoms with E-state index in [0.717, 1.165) is 27.1 Å². The molecular formula is C41H42N2O10. The van der Waals surface area contributed by atoms with Crippen LogP contribution >= 0.6 is 0 Å². The second-order valence-electron chi connectivity index (χ2n) is 15.1. The summed E-state index contributed by atoms with van der Waals surface area (Å²) >= 11 is 0. The maximum atomic E-state index is 14.4. The molecule has 1 aromatic heterocycles. The minimum Gasteiger partial charge on any atom is -0.508 e. The van der Waals surface area contributed by atoms with E-state index in [2.05, 4.69) is 10.3 Å². The summed E-state index contributed by atoms with van der Waals surface area (Å²) in [6.07, 6.45) is -2.64. The number of H-pyrrole nitrogens is 1. The number of aromatic amines is 1. The predicted molar refractivity (Wildman–Crippen MR) is 194 cm³/mol. The van der Waals surface area contributed by atoms with Crippen molar-refractivity contribution >= 4 is 38.4 Å². The first-order chi connectivity index (χ1) is 25.5. The Bertz CT molecular complexity index is 2250. The number of aromatic hydroxyl groups is 1. The lowest BCUT2D eigenvalue weighted by Gasteiger charge is -2.58. The molecule has 11 atom stereocenters. The Morgan fingerprint density at radius 2 is 1.75 bits per heavy atom. The minimum absolute atomic E-state index is 0.0722. The van der Waals surface area contributed by atoms with Gasteiger partial charge in [-0.1, -0.05) is 54.6 Å². The topological polar surface area (TPSA) is 194 Å². The minimum atomic E-state index is -2.63. The highest BCUT2D eigenvalue weighted by atomic mass is 16.7. The summed E-state index contributed by atoms with van der Waals surface area (Å²) in [6, 6.07) is 22.4. The van der Waals surface area contributed by atoms with E-state index in [-0.39, 0.29) is 23.1 Å². The average Bonchev–Trinajstić information content (AvgIpc) is 3.63. The van der Waals surface area contributed by atoms with Gasteiger partial charge in [-0.3, -0.25) is 0 Å². The van der Waals surface area contributed by atoms with Crippen LogP contribution in [0.2, 0.25) is 0 Å². The van der Waals surface area contributed by atoms with Crippen LogP contribution in [0.25, 0.3) is 32.4 Å². The lowest BCUT2D eigenvalue weighted by atomic mass is 9.56. The Labute approximate surface area is 304 Å². The predicted octanol–water partition coefficient (Wildman–Crippen LogP) is 2.79. The van der Waals surface area contributed by atoms with Crippen molar-refractivity contribution in [3.05, 3.63) is 96.2 Å². The number of benzene rings is 4. The van der Waals surface area contributed by atoms with Gasteiger partial charge in [0.2, 0.25) is 5.79 Å². The maximum Gasteiger partial charge on any atom is 0.343 e. The third kappa shape index (κ3) is 5.09. The van der Waals surface area contributed by atoms with Crippen LogP contribution in [-0.4, -0.2) is 97.1 Å². The second kappa shape index (κ2) is 12.6. The summed E-state index contributed by atoms with van der Waals surface area (Å²) in [6.45, 7) is 0.000156. The molecule has 3 fully saturated rings. The van der Waals surface area contributed by atoms with E-state index in [1.165, 1.54) is 6.08 Å². The average molecular weight is 723 g/mol. The SMILES string of the molecule is CNC[C@@H]1C[C@H]2[C@@H](O[C@H]3[C@H](C(=O)Oc4c(CO)[nH]c5ccc6cc7ccccc7cc6c45)O[C@@]4(O)[C@H](O)C=C[C@@H]2[C@@]34O)[C@H](Cc2ccc(O)cc2)[C@H]1O. The van der Waals surface area contributed by atoms with Crippen molar-refractivity contribution in [2.45, 2.75) is 61.4 Å². The van der Waals surface area contributed by atoms with Crippen molar-refractivity contribution in [1.29, 1.82) is 0 Å². The normalized spacial score (nSPS) is 34.7. The number of aliphatic hydroxyl groups is 5. The second-order valence-corrected chi connectivity index (χ2v) is 15.1. The van der Waals surface area contributed by atoms with E-state index in [9.17, 15) is 35.4 Å². The molecule has 9 rings (SSSR count). The van der Waals surface area contributed by atoms with Gasteiger partial charge < -0.3 is 55.2 Å². The van der Waals surface area contributed by atoms with Crippen LogP contribution in [-0.2, 0) is 27.3 Å². The molecule has 12 nitrogen and oxygen atoms in total. The van der Waals surface area contributed by atoms with E-state index >= 15 is 0 Å². The Balaban J connectivity index is 1.12. The number of nitrogens with one attached hydrogen (secondary N) is 2. The summed E-state index contributed by atoms with van der Waals surface area (Å²) < 4.78 is 18.9. The molecule has 53 heavy (non-hydrogen) atoms. The summed E-state index contributed by atoms with van der Waals surface area (Å²) in [4.78, 5) is 17.6. The van der Waals surface area contributed by atoms with Crippen molar-refractivity contribution < 1.29 is 49.6 Å². The lowest BCUT2D eigenvalue weighted by molar-refractivity contribution is -0.339. The van der Waals surface area contributed by atoms with Gasteiger partial charge >= 0.3 is 5.97 Å². The molecule has 0 amide bonds. The highest BCUT2D eigenvalue weighted by molar-refractivity contribution is 6.14. The van der Waals surface area contributed by atoms with Gasteiger partial charge in [-0.2, -0.15) is 0 Å². The number of rotatable bonds is 7. The number of esters is 1. The Morgan fingerprint density at radius 1 is 1.00 bits per heavy atom. The molecule has 12 heteroatoms. The number of ether oxygens (including phenoxy) is 3. The molecule has 0 unspecified atom stereocenters. The summed E-state index contributed by atoms with van der Waals surface area (Å²) in [5.41, 5.74) is -0.557. The van der Waals surface area contributed by atoms with Crippen LogP contribution in [0.5, 0.6) is 11.5 Å². The number of hydrogen-bond donors (Lipinski definition) is 8. The van der Waals surface area contributed by atoms with Gasteiger partial charge in [0.25, 0.3) is 0 Å². The number of aliphatic hydroxyl groups excluding tert-OH is 3. The zero-order valence-corrected chi connectivity index (χ0v) is 28.9. The van der Waals surface area contributed by atoms with Gasteiger partial charge in [0.05, 0.1) is 35.4 Å². The number of carbonyl (C=O) groups excluding carboxylic acids is 1. The fourth-order valence-electron chi connectivity index (χ4n) is 9.77. The van der Waals surface area contributed by atoms with Gasteiger partial charge in [0.15, 0.2) is 17.5 Å². The first-order valence-electron chi connectivity index (χ1n) is 18.1. The zero-order valence-electron chi connectivity index (χ0n) is 28.9.